The van der Waals surface area contributed by atoms with Gasteiger partial charge in [-0.15, -0.1) is 24.0 Å². The lowest BCUT2D eigenvalue weighted by molar-refractivity contribution is 0.0956. The molecule has 0 aliphatic rings. The van der Waals surface area contributed by atoms with Crippen LogP contribution in [0, 0.1) is 0 Å². The number of pyridine rings is 1. The van der Waals surface area contributed by atoms with Crippen molar-refractivity contribution in [3.8, 4) is 0 Å². The Hall–Kier alpha value is -2.16. The van der Waals surface area contributed by atoms with E-state index >= 15 is 0 Å². The summed E-state index contributed by atoms with van der Waals surface area (Å²) in [6.07, 6.45) is 2.56. The van der Waals surface area contributed by atoms with Gasteiger partial charge in [-0.3, -0.25) is 9.78 Å². The van der Waals surface area contributed by atoms with Gasteiger partial charge in [-0.25, -0.2) is 4.99 Å². The van der Waals surface area contributed by atoms with Crippen molar-refractivity contribution >= 4 is 35.8 Å². The standard InChI is InChI=1S/C18H23N5O.HI/c1-2-20-17(24)15-8-6-14(7-9-15)13-23-18(19)22-12-10-16-5-3-4-11-21-16;/h3-9,11H,2,10,12-13H2,1H3,(H,20,24)(H3,19,22,23);1H. The molecule has 0 fully saturated rings. The van der Waals surface area contributed by atoms with Crippen LogP contribution < -0.4 is 16.4 Å². The number of aromatic nitrogens is 1. The molecule has 1 aromatic heterocycles. The highest BCUT2D eigenvalue weighted by Crippen LogP contribution is 2.05. The van der Waals surface area contributed by atoms with Gasteiger partial charge in [-0.05, 0) is 36.8 Å². The van der Waals surface area contributed by atoms with Gasteiger partial charge in [-0.1, -0.05) is 18.2 Å². The molecule has 0 radical (unpaired) electrons. The SMILES string of the molecule is CCNC(=O)c1ccc(CN=C(N)NCCc2ccccn2)cc1.I. The average Bonchev–Trinajstić information content (AvgIpc) is 2.61. The Kier molecular flexibility index (Phi) is 9.53. The molecule has 1 aromatic carbocycles. The first-order chi connectivity index (χ1) is 11.7. The predicted molar refractivity (Wildman–Crippen MR) is 111 cm³/mol. The van der Waals surface area contributed by atoms with Crippen molar-refractivity contribution in [2.45, 2.75) is 19.9 Å². The molecule has 7 heteroatoms. The summed E-state index contributed by atoms with van der Waals surface area (Å²) in [4.78, 5) is 20.2. The van der Waals surface area contributed by atoms with Crippen LogP contribution in [0.5, 0.6) is 0 Å². The summed E-state index contributed by atoms with van der Waals surface area (Å²) in [7, 11) is 0. The van der Waals surface area contributed by atoms with Crippen LogP contribution in [0.1, 0.15) is 28.5 Å². The highest BCUT2D eigenvalue weighted by molar-refractivity contribution is 14.0. The highest BCUT2D eigenvalue weighted by atomic mass is 127. The van der Waals surface area contributed by atoms with Gasteiger partial charge in [0.15, 0.2) is 5.96 Å². The smallest absolute Gasteiger partial charge is 0.251 e. The van der Waals surface area contributed by atoms with Crippen molar-refractivity contribution in [3.63, 3.8) is 0 Å². The Balaban J connectivity index is 0.00000312. The van der Waals surface area contributed by atoms with Crippen LogP contribution >= 0.6 is 24.0 Å². The van der Waals surface area contributed by atoms with Crippen molar-refractivity contribution in [2.75, 3.05) is 13.1 Å². The van der Waals surface area contributed by atoms with Crippen LogP contribution in [-0.2, 0) is 13.0 Å². The van der Waals surface area contributed by atoms with Crippen LogP contribution in [0.3, 0.4) is 0 Å². The summed E-state index contributed by atoms with van der Waals surface area (Å²) in [5, 5.41) is 5.84. The minimum atomic E-state index is -0.0664. The second-order valence-electron chi connectivity index (χ2n) is 5.26. The first-order valence-corrected chi connectivity index (χ1v) is 8.00. The van der Waals surface area contributed by atoms with Crippen LogP contribution in [0.2, 0.25) is 0 Å². The maximum Gasteiger partial charge on any atom is 0.251 e. The van der Waals surface area contributed by atoms with Gasteiger partial charge < -0.3 is 16.4 Å². The van der Waals surface area contributed by atoms with Crippen LogP contribution in [0.15, 0.2) is 53.7 Å². The second-order valence-corrected chi connectivity index (χ2v) is 5.26. The van der Waals surface area contributed by atoms with Crippen molar-refractivity contribution < 1.29 is 4.79 Å². The van der Waals surface area contributed by atoms with E-state index in [0.29, 0.717) is 31.2 Å². The summed E-state index contributed by atoms with van der Waals surface area (Å²) < 4.78 is 0. The van der Waals surface area contributed by atoms with E-state index in [-0.39, 0.29) is 29.9 Å². The fourth-order valence-corrected chi connectivity index (χ4v) is 2.12. The first kappa shape index (κ1) is 20.9. The number of hydrogen-bond acceptors (Lipinski definition) is 3. The summed E-state index contributed by atoms with van der Waals surface area (Å²) >= 11 is 0. The van der Waals surface area contributed by atoms with Crippen LogP contribution in [0.25, 0.3) is 0 Å². The van der Waals surface area contributed by atoms with Gasteiger partial charge in [0.05, 0.1) is 6.54 Å². The summed E-state index contributed by atoms with van der Waals surface area (Å²) in [5.41, 5.74) is 8.51. The largest absolute Gasteiger partial charge is 0.370 e. The molecular weight excluding hydrogens is 429 g/mol. The number of nitrogens with one attached hydrogen (secondary N) is 2. The molecule has 6 nitrogen and oxygen atoms in total. The fourth-order valence-electron chi connectivity index (χ4n) is 2.12. The number of carbonyl (C=O) groups excluding carboxylic acids is 1. The lowest BCUT2D eigenvalue weighted by atomic mass is 10.1. The second kappa shape index (κ2) is 11.4. The van der Waals surface area contributed by atoms with E-state index in [2.05, 4.69) is 20.6 Å². The minimum absolute atomic E-state index is 0. The van der Waals surface area contributed by atoms with E-state index in [9.17, 15) is 4.79 Å². The number of nitrogens with two attached hydrogens (primary N) is 1. The fraction of sp³-hybridized carbons (Fsp3) is 0.278. The van der Waals surface area contributed by atoms with E-state index in [4.69, 9.17) is 5.73 Å². The number of amides is 1. The predicted octanol–water partition coefficient (Wildman–Crippen LogP) is 2.10. The van der Waals surface area contributed by atoms with Gasteiger partial charge in [0.2, 0.25) is 0 Å². The topological polar surface area (TPSA) is 92.4 Å². The van der Waals surface area contributed by atoms with E-state index in [1.807, 2.05) is 37.3 Å². The number of rotatable bonds is 7. The third kappa shape index (κ3) is 7.51. The molecule has 0 aliphatic carbocycles. The quantitative estimate of drug-likeness (QED) is 0.340. The Morgan fingerprint density at radius 3 is 2.56 bits per heavy atom. The van der Waals surface area contributed by atoms with Gasteiger partial charge in [0.1, 0.15) is 0 Å². The third-order valence-corrected chi connectivity index (χ3v) is 3.40. The molecule has 25 heavy (non-hydrogen) atoms. The number of halogens is 1. The molecule has 1 heterocycles. The summed E-state index contributed by atoms with van der Waals surface area (Å²) in [6, 6.07) is 13.2. The van der Waals surface area contributed by atoms with Gasteiger partial charge in [0.25, 0.3) is 5.91 Å². The van der Waals surface area contributed by atoms with Crippen molar-refractivity contribution in [1.29, 1.82) is 0 Å². The van der Waals surface area contributed by atoms with Crippen molar-refractivity contribution in [2.24, 2.45) is 10.7 Å². The van der Waals surface area contributed by atoms with E-state index < -0.39 is 0 Å². The lowest BCUT2D eigenvalue weighted by Gasteiger charge is -2.06. The molecule has 0 bridgehead atoms. The van der Waals surface area contributed by atoms with Crippen LogP contribution in [0.4, 0.5) is 0 Å². The molecule has 4 N–H and O–H groups in total. The maximum absolute atomic E-state index is 11.7. The normalized spacial score (nSPS) is 10.7. The lowest BCUT2D eigenvalue weighted by Crippen LogP contribution is -2.33. The molecular formula is C18H24IN5O. The zero-order valence-electron chi connectivity index (χ0n) is 14.2. The van der Waals surface area contributed by atoms with Gasteiger partial charge in [0, 0.05) is 37.0 Å². The van der Waals surface area contributed by atoms with Gasteiger partial charge >= 0.3 is 0 Å². The molecule has 2 aromatic rings. The first-order valence-electron chi connectivity index (χ1n) is 8.00. The van der Waals surface area contributed by atoms with Crippen LogP contribution in [-0.4, -0.2) is 29.9 Å². The monoisotopic (exact) mass is 453 g/mol. The Labute approximate surface area is 165 Å². The molecule has 0 saturated heterocycles. The molecule has 0 aliphatic heterocycles. The number of hydrogen-bond donors (Lipinski definition) is 3. The summed E-state index contributed by atoms with van der Waals surface area (Å²) in [6.45, 7) is 3.66. The summed E-state index contributed by atoms with van der Waals surface area (Å²) in [5.74, 6) is 0.335. The molecule has 2 rings (SSSR count). The van der Waals surface area contributed by atoms with E-state index in [1.165, 1.54) is 0 Å². The molecule has 0 saturated carbocycles. The Bertz CT molecular complexity index is 674. The molecule has 0 spiro atoms. The number of carbonyl (C=O) groups is 1. The molecule has 0 unspecified atom stereocenters. The van der Waals surface area contributed by atoms with E-state index in [1.54, 1.807) is 18.3 Å². The van der Waals surface area contributed by atoms with Crippen molar-refractivity contribution in [1.82, 2.24) is 15.6 Å². The molecule has 0 atom stereocenters. The number of nitrogens with zero attached hydrogens (tertiary/aromatic N) is 2. The minimum Gasteiger partial charge on any atom is -0.370 e. The Morgan fingerprint density at radius 1 is 1.16 bits per heavy atom. The average molecular weight is 453 g/mol. The van der Waals surface area contributed by atoms with Gasteiger partial charge in [-0.2, -0.15) is 0 Å². The number of benzene rings is 1. The maximum atomic E-state index is 11.7. The zero-order chi connectivity index (χ0) is 17.2. The molecule has 134 valence electrons. The van der Waals surface area contributed by atoms with Crippen molar-refractivity contribution in [3.05, 3.63) is 65.5 Å². The number of aliphatic imine (C=N–C) groups is 1. The molecule has 1 amide bonds. The number of guanidine groups is 1. The zero-order valence-corrected chi connectivity index (χ0v) is 16.6. The van der Waals surface area contributed by atoms with E-state index in [0.717, 1.165) is 17.7 Å². The highest BCUT2D eigenvalue weighted by Gasteiger charge is 2.03. The Morgan fingerprint density at radius 2 is 1.92 bits per heavy atom. The third-order valence-electron chi connectivity index (χ3n) is 3.40.